The van der Waals surface area contributed by atoms with Gasteiger partial charge in [-0.05, 0) is 33.1 Å². The van der Waals surface area contributed by atoms with Crippen LogP contribution in [0.4, 0.5) is 4.79 Å². The lowest BCUT2D eigenvalue weighted by Crippen LogP contribution is -2.35. The first kappa shape index (κ1) is 15.1. The van der Waals surface area contributed by atoms with Crippen molar-refractivity contribution >= 4 is 17.9 Å². The minimum absolute atomic E-state index is 0.204. The molecular formula is C14H21N3O2S. The molecule has 0 aromatic carbocycles. The van der Waals surface area contributed by atoms with Crippen LogP contribution in [0.3, 0.4) is 0 Å². The van der Waals surface area contributed by atoms with Crippen LogP contribution in [0, 0.1) is 5.92 Å². The summed E-state index contributed by atoms with van der Waals surface area (Å²) < 4.78 is 5.39. The number of ether oxygens (including phenoxy) is 1. The fourth-order valence-corrected chi connectivity index (χ4v) is 2.97. The molecule has 2 heterocycles. The maximum Gasteiger partial charge on any atom is 0.410 e. The summed E-state index contributed by atoms with van der Waals surface area (Å²) in [4.78, 5) is 22.0. The van der Waals surface area contributed by atoms with E-state index in [1.807, 2.05) is 20.8 Å². The van der Waals surface area contributed by atoms with Gasteiger partial charge in [0, 0.05) is 31.2 Å². The molecule has 0 bridgehead atoms. The Bertz CT molecular complexity index is 447. The third kappa shape index (κ3) is 4.67. The van der Waals surface area contributed by atoms with Gasteiger partial charge < -0.3 is 9.64 Å². The minimum Gasteiger partial charge on any atom is -0.444 e. The number of likely N-dealkylation sites (tertiary alicyclic amines) is 1. The van der Waals surface area contributed by atoms with Gasteiger partial charge in [-0.3, -0.25) is 4.98 Å². The fraction of sp³-hybridized carbons (Fsp3) is 0.643. The lowest BCUT2D eigenvalue weighted by Gasteiger charge is -2.24. The number of rotatable bonds is 3. The highest BCUT2D eigenvalue weighted by molar-refractivity contribution is 7.99. The van der Waals surface area contributed by atoms with Crippen LogP contribution in [-0.2, 0) is 4.74 Å². The summed E-state index contributed by atoms with van der Waals surface area (Å²) in [7, 11) is 0. The standard InChI is InChI=1S/C14H21N3O2S/c1-14(2,3)19-13(18)17-7-4-11(9-17)10-20-12-8-15-5-6-16-12/h5-6,8,11H,4,7,9-10H2,1-3H3/t11-/m1/s1. The predicted molar refractivity (Wildman–Crippen MR) is 78.7 cm³/mol. The van der Waals surface area contributed by atoms with Gasteiger partial charge in [0.15, 0.2) is 0 Å². The summed E-state index contributed by atoms with van der Waals surface area (Å²) in [6, 6.07) is 0. The SMILES string of the molecule is CC(C)(C)OC(=O)N1CC[C@@H](CSc2cnccn2)C1. The van der Waals surface area contributed by atoms with E-state index in [4.69, 9.17) is 4.74 Å². The quantitative estimate of drug-likeness (QED) is 0.803. The predicted octanol–water partition coefficient (Wildman–Crippen LogP) is 2.83. The van der Waals surface area contributed by atoms with E-state index in [1.165, 1.54) is 0 Å². The number of amides is 1. The van der Waals surface area contributed by atoms with Crippen LogP contribution in [0.1, 0.15) is 27.2 Å². The fourth-order valence-electron chi connectivity index (χ4n) is 2.02. The first-order chi connectivity index (χ1) is 9.44. The third-order valence-electron chi connectivity index (χ3n) is 2.94. The van der Waals surface area contributed by atoms with E-state index in [2.05, 4.69) is 9.97 Å². The van der Waals surface area contributed by atoms with Gasteiger partial charge in [0.2, 0.25) is 0 Å². The van der Waals surface area contributed by atoms with E-state index < -0.39 is 5.60 Å². The summed E-state index contributed by atoms with van der Waals surface area (Å²) in [5, 5.41) is 0.934. The highest BCUT2D eigenvalue weighted by Crippen LogP contribution is 2.25. The monoisotopic (exact) mass is 295 g/mol. The zero-order valence-electron chi connectivity index (χ0n) is 12.2. The molecule has 1 aliphatic rings. The van der Waals surface area contributed by atoms with Crippen LogP contribution < -0.4 is 0 Å². The van der Waals surface area contributed by atoms with Gasteiger partial charge in [-0.2, -0.15) is 0 Å². The second-order valence-corrected chi connectivity index (χ2v) is 6.98. The van der Waals surface area contributed by atoms with Crippen molar-refractivity contribution in [3.8, 4) is 0 Å². The van der Waals surface area contributed by atoms with E-state index in [-0.39, 0.29) is 6.09 Å². The molecule has 20 heavy (non-hydrogen) atoms. The van der Waals surface area contributed by atoms with E-state index in [0.717, 1.165) is 30.3 Å². The maximum atomic E-state index is 12.0. The van der Waals surface area contributed by atoms with Crippen molar-refractivity contribution in [2.24, 2.45) is 5.92 Å². The molecule has 6 heteroatoms. The number of hydrogen-bond donors (Lipinski definition) is 0. The van der Waals surface area contributed by atoms with E-state index in [1.54, 1.807) is 35.3 Å². The van der Waals surface area contributed by atoms with Crippen LogP contribution >= 0.6 is 11.8 Å². The topological polar surface area (TPSA) is 55.3 Å². The summed E-state index contributed by atoms with van der Waals surface area (Å²) >= 11 is 1.69. The molecule has 110 valence electrons. The molecule has 1 saturated heterocycles. The van der Waals surface area contributed by atoms with Crippen molar-refractivity contribution in [2.75, 3.05) is 18.8 Å². The molecule has 1 fully saturated rings. The van der Waals surface area contributed by atoms with Crippen LogP contribution in [-0.4, -0.2) is 45.4 Å². The first-order valence-corrected chi connectivity index (χ1v) is 7.79. The first-order valence-electron chi connectivity index (χ1n) is 6.81. The van der Waals surface area contributed by atoms with Crippen molar-refractivity contribution in [3.05, 3.63) is 18.6 Å². The molecule has 0 unspecified atom stereocenters. The van der Waals surface area contributed by atoms with E-state index in [0.29, 0.717) is 5.92 Å². The normalized spacial score (nSPS) is 19.1. The summed E-state index contributed by atoms with van der Waals surface area (Å²) in [5.41, 5.74) is -0.427. The summed E-state index contributed by atoms with van der Waals surface area (Å²) in [6.45, 7) is 7.22. The molecular weight excluding hydrogens is 274 g/mol. The second-order valence-electron chi connectivity index (χ2n) is 5.94. The molecule has 5 nitrogen and oxygen atoms in total. The van der Waals surface area contributed by atoms with Crippen LogP contribution in [0.5, 0.6) is 0 Å². The number of aromatic nitrogens is 2. The number of carbonyl (C=O) groups excluding carboxylic acids is 1. The molecule has 1 aromatic heterocycles. The lowest BCUT2D eigenvalue weighted by atomic mass is 10.2. The molecule has 1 aliphatic heterocycles. The van der Waals surface area contributed by atoms with Gasteiger partial charge in [-0.1, -0.05) is 0 Å². The smallest absolute Gasteiger partial charge is 0.410 e. The van der Waals surface area contributed by atoms with Gasteiger partial charge in [-0.25, -0.2) is 9.78 Å². The Labute approximate surface area is 124 Å². The van der Waals surface area contributed by atoms with Crippen molar-refractivity contribution < 1.29 is 9.53 Å². The lowest BCUT2D eigenvalue weighted by molar-refractivity contribution is 0.0289. The van der Waals surface area contributed by atoms with Gasteiger partial charge in [-0.15, -0.1) is 11.8 Å². The van der Waals surface area contributed by atoms with E-state index in [9.17, 15) is 4.79 Å². The van der Waals surface area contributed by atoms with Gasteiger partial charge >= 0.3 is 6.09 Å². The Balaban J connectivity index is 1.76. The molecule has 0 N–H and O–H groups in total. The van der Waals surface area contributed by atoms with Crippen molar-refractivity contribution in [1.82, 2.24) is 14.9 Å². The molecule has 1 atom stereocenters. The average molecular weight is 295 g/mol. The minimum atomic E-state index is -0.427. The Morgan fingerprint density at radius 3 is 2.95 bits per heavy atom. The largest absolute Gasteiger partial charge is 0.444 e. The number of hydrogen-bond acceptors (Lipinski definition) is 5. The molecule has 0 aliphatic carbocycles. The summed E-state index contributed by atoms with van der Waals surface area (Å²) in [6.07, 6.45) is 5.95. The number of thioether (sulfide) groups is 1. The number of nitrogens with zero attached hydrogens (tertiary/aromatic N) is 3. The Hall–Kier alpha value is -1.30. The highest BCUT2D eigenvalue weighted by atomic mass is 32.2. The Kier molecular flexibility index (Phi) is 4.86. The summed E-state index contributed by atoms with van der Waals surface area (Å²) in [5.74, 6) is 1.45. The van der Waals surface area contributed by atoms with Crippen molar-refractivity contribution in [3.63, 3.8) is 0 Å². The van der Waals surface area contributed by atoms with Gasteiger partial charge in [0.25, 0.3) is 0 Å². The molecule has 0 saturated carbocycles. The molecule has 2 rings (SSSR count). The van der Waals surface area contributed by atoms with Crippen molar-refractivity contribution in [2.45, 2.75) is 37.8 Å². The Morgan fingerprint density at radius 2 is 2.30 bits per heavy atom. The molecule has 0 spiro atoms. The van der Waals surface area contributed by atoms with Crippen LogP contribution in [0.15, 0.2) is 23.6 Å². The van der Waals surface area contributed by atoms with Gasteiger partial charge in [0.05, 0.1) is 6.20 Å². The average Bonchev–Trinajstić information content (AvgIpc) is 2.84. The van der Waals surface area contributed by atoms with Gasteiger partial charge in [0.1, 0.15) is 10.6 Å². The number of carbonyl (C=O) groups is 1. The van der Waals surface area contributed by atoms with E-state index >= 15 is 0 Å². The van der Waals surface area contributed by atoms with Crippen molar-refractivity contribution in [1.29, 1.82) is 0 Å². The third-order valence-corrected chi connectivity index (χ3v) is 4.09. The second kappa shape index (κ2) is 6.43. The Morgan fingerprint density at radius 1 is 1.50 bits per heavy atom. The van der Waals surface area contributed by atoms with Crippen LogP contribution in [0.2, 0.25) is 0 Å². The molecule has 1 aromatic rings. The zero-order chi connectivity index (χ0) is 14.6. The zero-order valence-corrected chi connectivity index (χ0v) is 13.0. The van der Waals surface area contributed by atoms with Crippen LogP contribution in [0.25, 0.3) is 0 Å². The maximum absolute atomic E-state index is 12.0. The molecule has 1 amide bonds. The molecule has 0 radical (unpaired) electrons. The highest BCUT2D eigenvalue weighted by Gasteiger charge is 2.29.